The number of rotatable bonds is 6. The zero-order chi connectivity index (χ0) is 15.1. The van der Waals surface area contributed by atoms with Crippen molar-refractivity contribution in [1.82, 2.24) is 0 Å². The molecule has 0 bridgehead atoms. The molecule has 20 heavy (non-hydrogen) atoms. The van der Waals surface area contributed by atoms with Gasteiger partial charge >= 0.3 is 5.97 Å². The fourth-order valence-electron chi connectivity index (χ4n) is 1.35. The molecule has 0 aliphatic carbocycles. The maximum absolute atomic E-state index is 11.8. The van der Waals surface area contributed by atoms with Gasteiger partial charge in [-0.2, -0.15) is 0 Å². The number of hydrogen-bond acceptors (Lipinski definition) is 4. The number of ether oxygens (including phenoxy) is 2. The molecule has 0 saturated heterocycles. The van der Waals surface area contributed by atoms with Crippen molar-refractivity contribution in [3.63, 3.8) is 0 Å². The van der Waals surface area contributed by atoms with Gasteiger partial charge in [-0.05, 0) is 30.2 Å². The number of halogens is 1. The highest BCUT2D eigenvalue weighted by molar-refractivity contribution is 6.34. The average molecular weight is 297 g/mol. The van der Waals surface area contributed by atoms with Crippen molar-refractivity contribution in [2.75, 3.05) is 13.7 Å². The second-order valence-corrected chi connectivity index (χ2v) is 4.97. The quantitative estimate of drug-likeness (QED) is 0.459. The van der Waals surface area contributed by atoms with Crippen molar-refractivity contribution < 1.29 is 19.1 Å². The van der Waals surface area contributed by atoms with Crippen molar-refractivity contribution in [2.45, 2.75) is 13.8 Å². The van der Waals surface area contributed by atoms with Crippen LogP contribution >= 0.6 is 11.6 Å². The van der Waals surface area contributed by atoms with Crippen LogP contribution in [0.3, 0.4) is 0 Å². The fourth-order valence-corrected chi connectivity index (χ4v) is 1.61. The lowest BCUT2D eigenvalue weighted by atomic mass is 10.1. The molecule has 108 valence electrons. The van der Waals surface area contributed by atoms with Gasteiger partial charge in [0.05, 0.1) is 18.7 Å². The van der Waals surface area contributed by atoms with E-state index in [0.29, 0.717) is 23.8 Å². The Hall–Kier alpha value is -1.81. The van der Waals surface area contributed by atoms with Crippen LogP contribution in [0.2, 0.25) is 5.02 Å². The number of benzene rings is 1. The number of methoxy groups -OCH3 is 1. The molecule has 0 unspecified atom stereocenters. The summed E-state index contributed by atoms with van der Waals surface area (Å²) in [5.74, 6) is 0.0532. The summed E-state index contributed by atoms with van der Waals surface area (Å²) in [6, 6.07) is 4.83. The van der Waals surface area contributed by atoms with Crippen LogP contribution in [-0.4, -0.2) is 25.5 Å². The molecule has 1 aromatic rings. The summed E-state index contributed by atoms with van der Waals surface area (Å²) < 4.78 is 9.92. The first-order valence-electron chi connectivity index (χ1n) is 6.16. The first-order chi connectivity index (χ1) is 9.43. The Morgan fingerprint density at radius 3 is 2.55 bits per heavy atom. The largest absolute Gasteiger partial charge is 0.493 e. The molecular weight excluding hydrogens is 280 g/mol. The van der Waals surface area contributed by atoms with Crippen molar-refractivity contribution in [2.24, 2.45) is 5.92 Å². The molecule has 0 aliphatic heterocycles. The minimum absolute atomic E-state index is 0.283. The zero-order valence-electron chi connectivity index (χ0n) is 11.7. The van der Waals surface area contributed by atoms with Crippen LogP contribution in [0.4, 0.5) is 0 Å². The predicted octanol–water partition coefficient (Wildman–Crippen LogP) is 3.29. The molecule has 0 aromatic heterocycles. The maximum Gasteiger partial charge on any atom is 0.330 e. The van der Waals surface area contributed by atoms with Crippen LogP contribution in [0.25, 0.3) is 0 Å². The molecule has 0 aliphatic rings. The third kappa shape index (κ3) is 5.05. The van der Waals surface area contributed by atoms with Gasteiger partial charge in [-0.3, -0.25) is 4.79 Å². The van der Waals surface area contributed by atoms with E-state index in [1.165, 1.54) is 7.11 Å². The second kappa shape index (κ2) is 7.70. The minimum Gasteiger partial charge on any atom is -0.493 e. The predicted molar refractivity (Wildman–Crippen MR) is 77.3 cm³/mol. The first kappa shape index (κ1) is 16.2. The fraction of sp³-hybridized carbons (Fsp3) is 0.333. The monoisotopic (exact) mass is 296 g/mol. The molecule has 0 saturated carbocycles. The molecule has 1 rings (SSSR count). The van der Waals surface area contributed by atoms with Crippen LogP contribution in [0.5, 0.6) is 5.75 Å². The lowest BCUT2D eigenvalue weighted by Gasteiger charge is -2.09. The van der Waals surface area contributed by atoms with Gasteiger partial charge in [0, 0.05) is 11.6 Å². The summed E-state index contributed by atoms with van der Waals surface area (Å²) in [5, 5.41) is 0.283. The van der Waals surface area contributed by atoms with E-state index in [9.17, 15) is 9.59 Å². The summed E-state index contributed by atoms with van der Waals surface area (Å²) >= 11 is 6.04. The lowest BCUT2D eigenvalue weighted by Crippen LogP contribution is -2.05. The standard InChI is InChI=1S/C15H17ClO4/c1-10(2)9-20-11-4-5-12(13(16)8-11)14(17)6-7-15(18)19-3/h4-8,10H,9H2,1-3H3/b7-6+. The third-order valence-corrected chi connectivity index (χ3v) is 2.67. The third-order valence-electron chi connectivity index (χ3n) is 2.36. The van der Waals surface area contributed by atoms with E-state index < -0.39 is 5.97 Å². The van der Waals surface area contributed by atoms with Crippen molar-refractivity contribution in [1.29, 1.82) is 0 Å². The Labute approximate surface area is 123 Å². The molecule has 0 spiro atoms. The van der Waals surface area contributed by atoms with E-state index in [2.05, 4.69) is 4.74 Å². The van der Waals surface area contributed by atoms with E-state index in [4.69, 9.17) is 16.3 Å². The maximum atomic E-state index is 11.8. The molecule has 0 radical (unpaired) electrons. The van der Waals surface area contributed by atoms with Gasteiger partial charge in [-0.15, -0.1) is 0 Å². The van der Waals surface area contributed by atoms with E-state index in [0.717, 1.165) is 12.2 Å². The summed E-state index contributed by atoms with van der Waals surface area (Å²) in [6.07, 6.45) is 2.18. The van der Waals surface area contributed by atoms with Gasteiger partial charge < -0.3 is 9.47 Å². The highest BCUT2D eigenvalue weighted by Gasteiger charge is 2.09. The smallest absolute Gasteiger partial charge is 0.330 e. The number of carbonyl (C=O) groups excluding carboxylic acids is 2. The minimum atomic E-state index is -0.591. The molecule has 0 heterocycles. The van der Waals surface area contributed by atoms with Gasteiger partial charge in [-0.1, -0.05) is 25.4 Å². The molecule has 4 nitrogen and oxygen atoms in total. The molecule has 0 amide bonds. The number of carbonyl (C=O) groups is 2. The highest BCUT2D eigenvalue weighted by Crippen LogP contribution is 2.23. The Morgan fingerprint density at radius 2 is 2.00 bits per heavy atom. The van der Waals surface area contributed by atoms with E-state index in [1.54, 1.807) is 18.2 Å². The van der Waals surface area contributed by atoms with Gasteiger partial charge in [-0.25, -0.2) is 4.79 Å². The van der Waals surface area contributed by atoms with Crippen LogP contribution in [0.15, 0.2) is 30.4 Å². The molecule has 1 aromatic carbocycles. The summed E-state index contributed by atoms with van der Waals surface area (Å²) in [6.45, 7) is 4.65. The van der Waals surface area contributed by atoms with Gasteiger partial charge in [0.15, 0.2) is 5.78 Å². The number of esters is 1. The number of hydrogen-bond donors (Lipinski definition) is 0. The summed E-state index contributed by atoms with van der Waals surface area (Å²) in [7, 11) is 1.24. The molecular formula is C15H17ClO4. The van der Waals surface area contributed by atoms with Gasteiger partial charge in [0.25, 0.3) is 0 Å². The normalized spacial score (nSPS) is 10.8. The van der Waals surface area contributed by atoms with Crippen molar-refractivity contribution in [3.05, 3.63) is 40.9 Å². The number of allylic oxidation sites excluding steroid dienone is 1. The molecule has 0 atom stereocenters. The molecule has 0 fully saturated rings. The Balaban J connectivity index is 2.79. The van der Waals surface area contributed by atoms with Crippen molar-refractivity contribution >= 4 is 23.4 Å². The van der Waals surface area contributed by atoms with Crippen LogP contribution < -0.4 is 4.74 Å². The highest BCUT2D eigenvalue weighted by atomic mass is 35.5. The van der Waals surface area contributed by atoms with E-state index >= 15 is 0 Å². The summed E-state index contributed by atoms with van der Waals surface area (Å²) in [4.78, 5) is 22.8. The average Bonchev–Trinajstić information content (AvgIpc) is 2.42. The lowest BCUT2D eigenvalue weighted by molar-refractivity contribution is -0.134. The Bertz CT molecular complexity index is 521. The van der Waals surface area contributed by atoms with Crippen LogP contribution in [-0.2, 0) is 9.53 Å². The van der Waals surface area contributed by atoms with Crippen LogP contribution in [0, 0.1) is 5.92 Å². The molecule has 0 N–H and O–H groups in total. The zero-order valence-corrected chi connectivity index (χ0v) is 12.4. The topological polar surface area (TPSA) is 52.6 Å². The Morgan fingerprint density at radius 1 is 1.30 bits per heavy atom. The van der Waals surface area contributed by atoms with Crippen molar-refractivity contribution in [3.8, 4) is 5.75 Å². The van der Waals surface area contributed by atoms with Gasteiger partial charge in [0.1, 0.15) is 5.75 Å². The summed E-state index contributed by atoms with van der Waals surface area (Å²) in [5.41, 5.74) is 0.309. The Kier molecular flexibility index (Phi) is 6.25. The van der Waals surface area contributed by atoms with Gasteiger partial charge in [0.2, 0.25) is 0 Å². The first-order valence-corrected chi connectivity index (χ1v) is 6.54. The van der Waals surface area contributed by atoms with E-state index in [-0.39, 0.29) is 10.8 Å². The second-order valence-electron chi connectivity index (χ2n) is 4.57. The van der Waals surface area contributed by atoms with Crippen LogP contribution in [0.1, 0.15) is 24.2 Å². The SMILES string of the molecule is COC(=O)/C=C/C(=O)c1ccc(OCC(C)C)cc1Cl. The van der Waals surface area contributed by atoms with E-state index in [1.807, 2.05) is 13.8 Å². The molecule has 5 heteroatoms. The number of ketones is 1.